The molecule has 0 amide bonds. The first kappa shape index (κ1) is 33.6. The molecule has 0 aliphatic carbocycles. The second kappa shape index (κ2) is 19.3. The maximum absolute atomic E-state index is 14.4. The molecule has 0 unspecified atom stereocenters. The standard InChI is InChI=1S/C35H46F2O5/c1-3-5-7-8-9-10-11-12-13-15-28-25-40-35(41-26-28)29-19-16-27(17-20-29)18-23-32(38)42-31-22-21-30(33(36)34(31)37)39-24-14-6-4-2/h16-17,19-22,28,35H,3-15,24-26H2,1-2H3. The largest absolute Gasteiger partial charge is 0.490 e. The third-order valence-electron chi connectivity index (χ3n) is 7.39. The number of hydrogen-bond acceptors (Lipinski definition) is 5. The SMILES string of the molecule is CCCCCCCCCCCC1COC(c2ccc(C#CC(=O)Oc3ccc(OCCCCC)c(F)c3F)cc2)OC1. The molecule has 230 valence electrons. The zero-order valence-corrected chi connectivity index (χ0v) is 25.2. The summed E-state index contributed by atoms with van der Waals surface area (Å²) in [7, 11) is 0. The lowest BCUT2D eigenvalue weighted by atomic mass is 10.0. The summed E-state index contributed by atoms with van der Waals surface area (Å²) < 4.78 is 50.8. The molecule has 2 aromatic rings. The minimum absolute atomic E-state index is 0.213. The molecule has 7 heteroatoms. The van der Waals surface area contributed by atoms with Crippen molar-refractivity contribution in [2.24, 2.45) is 5.92 Å². The molecule has 0 atom stereocenters. The van der Waals surface area contributed by atoms with E-state index in [2.05, 4.69) is 18.8 Å². The highest BCUT2D eigenvalue weighted by Crippen LogP contribution is 2.29. The van der Waals surface area contributed by atoms with Crippen LogP contribution in [0.4, 0.5) is 8.78 Å². The molecule has 42 heavy (non-hydrogen) atoms. The van der Waals surface area contributed by atoms with E-state index in [0.29, 0.717) is 24.7 Å². The Morgan fingerprint density at radius 1 is 0.786 bits per heavy atom. The maximum Gasteiger partial charge on any atom is 0.390 e. The monoisotopic (exact) mass is 584 g/mol. The molecule has 0 aromatic heterocycles. The van der Waals surface area contributed by atoms with E-state index >= 15 is 0 Å². The fourth-order valence-electron chi connectivity index (χ4n) is 4.86. The van der Waals surface area contributed by atoms with Crippen molar-refractivity contribution in [3.8, 4) is 23.3 Å². The van der Waals surface area contributed by atoms with Crippen molar-refractivity contribution in [3.63, 3.8) is 0 Å². The highest BCUT2D eigenvalue weighted by Gasteiger charge is 2.23. The lowest BCUT2D eigenvalue weighted by Gasteiger charge is -2.29. The minimum Gasteiger partial charge on any atom is -0.490 e. The normalized spacial score (nSPS) is 16.5. The van der Waals surface area contributed by atoms with Crippen LogP contribution in [0.3, 0.4) is 0 Å². The molecule has 1 aliphatic heterocycles. The Hall–Kier alpha value is -2.95. The zero-order valence-electron chi connectivity index (χ0n) is 25.2. The number of benzene rings is 2. The van der Waals surface area contributed by atoms with Gasteiger partial charge in [-0.3, -0.25) is 0 Å². The molecule has 1 heterocycles. The summed E-state index contributed by atoms with van der Waals surface area (Å²) in [5.74, 6) is 1.20. The first-order valence-corrected chi connectivity index (χ1v) is 15.7. The summed E-state index contributed by atoms with van der Waals surface area (Å²) in [6, 6.07) is 9.59. The van der Waals surface area contributed by atoms with Crippen LogP contribution < -0.4 is 9.47 Å². The lowest BCUT2D eigenvalue weighted by molar-refractivity contribution is -0.206. The Morgan fingerprint density at radius 2 is 1.36 bits per heavy atom. The van der Waals surface area contributed by atoms with E-state index in [1.807, 2.05) is 19.1 Å². The number of halogens is 2. The number of unbranched alkanes of at least 4 members (excludes halogenated alkanes) is 10. The predicted molar refractivity (Wildman–Crippen MR) is 160 cm³/mol. The van der Waals surface area contributed by atoms with E-state index in [4.69, 9.17) is 18.9 Å². The van der Waals surface area contributed by atoms with Crippen molar-refractivity contribution in [2.75, 3.05) is 19.8 Å². The quantitative estimate of drug-likeness (QED) is 0.0803. The van der Waals surface area contributed by atoms with Gasteiger partial charge >= 0.3 is 5.97 Å². The van der Waals surface area contributed by atoms with Gasteiger partial charge in [0.2, 0.25) is 11.6 Å². The summed E-state index contributed by atoms with van der Waals surface area (Å²) in [4.78, 5) is 12.1. The van der Waals surface area contributed by atoms with Crippen LogP contribution in [0.5, 0.6) is 11.5 Å². The van der Waals surface area contributed by atoms with Crippen LogP contribution in [0.25, 0.3) is 0 Å². The number of carbonyl (C=O) groups excluding carboxylic acids is 1. The molecule has 0 spiro atoms. The molecule has 0 radical (unpaired) electrons. The summed E-state index contributed by atoms with van der Waals surface area (Å²) in [6.07, 6.45) is 15.3. The smallest absolute Gasteiger partial charge is 0.390 e. The Labute approximate surface area is 250 Å². The summed E-state index contributed by atoms with van der Waals surface area (Å²) in [6.45, 7) is 5.93. The van der Waals surface area contributed by atoms with Crippen molar-refractivity contribution >= 4 is 5.97 Å². The van der Waals surface area contributed by atoms with Crippen LogP contribution in [0.2, 0.25) is 0 Å². The van der Waals surface area contributed by atoms with Crippen molar-refractivity contribution in [1.29, 1.82) is 0 Å². The van der Waals surface area contributed by atoms with Gasteiger partial charge in [0.1, 0.15) is 0 Å². The van der Waals surface area contributed by atoms with E-state index in [1.165, 1.54) is 63.9 Å². The number of hydrogen-bond donors (Lipinski definition) is 0. The average molecular weight is 585 g/mol. The van der Waals surface area contributed by atoms with Gasteiger partial charge in [0.05, 0.1) is 19.8 Å². The fourth-order valence-corrected chi connectivity index (χ4v) is 4.86. The highest BCUT2D eigenvalue weighted by molar-refractivity contribution is 5.90. The van der Waals surface area contributed by atoms with Crippen molar-refractivity contribution in [3.05, 3.63) is 59.2 Å². The van der Waals surface area contributed by atoms with Crippen LogP contribution in [0, 0.1) is 29.4 Å². The van der Waals surface area contributed by atoms with E-state index < -0.39 is 29.6 Å². The van der Waals surface area contributed by atoms with Gasteiger partial charge in [-0.1, -0.05) is 103 Å². The van der Waals surface area contributed by atoms with Gasteiger partial charge in [-0.05, 0) is 37.1 Å². The molecule has 0 bridgehead atoms. The van der Waals surface area contributed by atoms with E-state index in [9.17, 15) is 13.6 Å². The van der Waals surface area contributed by atoms with Crippen LogP contribution in [0.1, 0.15) is 115 Å². The molecular formula is C35H46F2O5. The lowest BCUT2D eigenvalue weighted by Crippen LogP contribution is -2.27. The number of carbonyl (C=O) groups is 1. The Balaban J connectivity index is 1.37. The first-order chi connectivity index (χ1) is 20.5. The third kappa shape index (κ3) is 11.7. The zero-order chi connectivity index (χ0) is 30.0. The minimum atomic E-state index is -1.29. The van der Waals surface area contributed by atoms with Crippen LogP contribution >= 0.6 is 0 Å². The third-order valence-corrected chi connectivity index (χ3v) is 7.39. The second-order valence-electron chi connectivity index (χ2n) is 11.0. The predicted octanol–water partition coefficient (Wildman–Crippen LogP) is 9.07. The summed E-state index contributed by atoms with van der Waals surface area (Å²) in [5, 5.41) is 0. The van der Waals surface area contributed by atoms with Gasteiger partial charge in [0, 0.05) is 23.0 Å². The van der Waals surface area contributed by atoms with Gasteiger partial charge in [-0.15, -0.1) is 0 Å². The Bertz CT molecular complexity index is 1130. The van der Waals surface area contributed by atoms with Gasteiger partial charge in [0.15, 0.2) is 17.8 Å². The molecule has 0 saturated carbocycles. The van der Waals surface area contributed by atoms with Crippen LogP contribution in [0.15, 0.2) is 36.4 Å². The highest BCUT2D eigenvalue weighted by atomic mass is 19.2. The molecule has 1 aliphatic rings. The molecule has 5 nitrogen and oxygen atoms in total. The average Bonchev–Trinajstić information content (AvgIpc) is 3.01. The van der Waals surface area contributed by atoms with Crippen molar-refractivity contribution < 1.29 is 32.5 Å². The molecule has 0 N–H and O–H groups in total. The van der Waals surface area contributed by atoms with Crippen molar-refractivity contribution in [2.45, 2.75) is 104 Å². The number of ether oxygens (including phenoxy) is 4. The maximum atomic E-state index is 14.4. The molecule has 1 fully saturated rings. The number of rotatable bonds is 17. The van der Waals surface area contributed by atoms with E-state index in [0.717, 1.165) is 37.3 Å². The van der Waals surface area contributed by atoms with Crippen LogP contribution in [-0.4, -0.2) is 25.8 Å². The topological polar surface area (TPSA) is 54.0 Å². The van der Waals surface area contributed by atoms with Gasteiger partial charge < -0.3 is 18.9 Å². The first-order valence-electron chi connectivity index (χ1n) is 15.7. The van der Waals surface area contributed by atoms with Crippen molar-refractivity contribution in [1.82, 2.24) is 0 Å². The Kier molecular flexibility index (Phi) is 15.4. The molecular weight excluding hydrogens is 538 g/mol. The Morgan fingerprint density at radius 3 is 2.02 bits per heavy atom. The summed E-state index contributed by atoms with van der Waals surface area (Å²) in [5.41, 5.74) is 1.44. The van der Waals surface area contributed by atoms with Gasteiger partial charge in [-0.2, -0.15) is 8.78 Å². The molecule has 1 saturated heterocycles. The van der Waals surface area contributed by atoms with E-state index in [-0.39, 0.29) is 12.4 Å². The van der Waals surface area contributed by atoms with Crippen LogP contribution in [-0.2, 0) is 14.3 Å². The fraction of sp³-hybridized carbons (Fsp3) is 0.571. The molecule has 2 aromatic carbocycles. The van der Waals surface area contributed by atoms with Gasteiger partial charge in [0.25, 0.3) is 0 Å². The summed E-state index contributed by atoms with van der Waals surface area (Å²) >= 11 is 0. The molecule has 3 rings (SSSR count). The number of esters is 1. The van der Waals surface area contributed by atoms with E-state index in [1.54, 1.807) is 12.1 Å². The second-order valence-corrected chi connectivity index (χ2v) is 11.0. The van der Waals surface area contributed by atoms with Gasteiger partial charge in [-0.25, -0.2) is 4.79 Å².